The minimum absolute atomic E-state index is 0.105. The normalized spacial score (nSPS) is 19.7. The van der Waals surface area contributed by atoms with Crippen LogP contribution in [0.15, 0.2) is 22.5 Å². The number of hydrogen-bond acceptors (Lipinski definition) is 6. The Morgan fingerprint density at radius 2 is 2.42 bits per heavy atom. The van der Waals surface area contributed by atoms with Gasteiger partial charge in [0.05, 0.1) is 15.1 Å². The molecule has 0 amide bonds. The van der Waals surface area contributed by atoms with Crippen LogP contribution in [0.25, 0.3) is 10.2 Å². The van der Waals surface area contributed by atoms with Gasteiger partial charge >= 0.3 is 0 Å². The standard InChI is InChI=1S/C12H13N3O2S2/c16-15(17)8-3-4-11-10(6-8)14-12(19-11)18-9-2-1-5-13-7-9/h3-4,6,9,13H,1-2,5,7H2/t9-/m0/s1. The first-order valence-electron chi connectivity index (χ1n) is 6.15. The van der Waals surface area contributed by atoms with Gasteiger partial charge in [0.2, 0.25) is 0 Å². The molecule has 100 valence electrons. The summed E-state index contributed by atoms with van der Waals surface area (Å²) in [6.45, 7) is 2.11. The van der Waals surface area contributed by atoms with Crippen molar-refractivity contribution >= 4 is 39.0 Å². The number of thiazole rings is 1. The van der Waals surface area contributed by atoms with Crippen LogP contribution in [0, 0.1) is 10.1 Å². The second-order valence-electron chi connectivity index (χ2n) is 4.48. The molecule has 1 aliphatic heterocycles. The van der Waals surface area contributed by atoms with Crippen LogP contribution in [0.3, 0.4) is 0 Å². The summed E-state index contributed by atoms with van der Waals surface area (Å²) in [7, 11) is 0. The molecule has 0 aliphatic carbocycles. The molecule has 0 radical (unpaired) electrons. The molecule has 1 N–H and O–H groups in total. The number of benzene rings is 1. The number of rotatable bonds is 3. The summed E-state index contributed by atoms with van der Waals surface area (Å²) in [5.41, 5.74) is 0.833. The van der Waals surface area contributed by atoms with Crippen molar-refractivity contribution in [3.8, 4) is 0 Å². The summed E-state index contributed by atoms with van der Waals surface area (Å²) >= 11 is 3.39. The van der Waals surface area contributed by atoms with Crippen LogP contribution in [0.5, 0.6) is 0 Å². The maximum absolute atomic E-state index is 10.7. The number of aromatic nitrogens is 1. The highest BCUT2D eigenvalue weighted by Crippen LogP contribution is 2.35. The number of non-ortho nitro benzene ring substituents is 1. The minimum atomic E-state index is -0.378. The van der Waals surface area contributed by atoms with Gasteiger partial charge in [-0.3, -0.25) is 10.1 Å². The molecule has 2 aromatic rings. The van der Waals surface area contributed by atoms with Gasteiger partial charge in [-0.2, -0.15) is 0 Å². The molecule has 1 saturated heterocycles. The van der Waals surface area contributed by atoms with Gasteiger partial charge in [0.1, 0.15) is 0 Å². The molecule has 1 aromatic carbocycles. The van der Waals surface area contributed by atoms with Gasteiger partial charge in [-0.1, -0.05) is 11.8 Å². The maximum Gasteiger partial charge on any atom is 0.271 e. The van der Waals surface area contributed by atoms with E-state index in [2.05, 4.69) is 10.3 Å². The third-order valence-electron chi connectivity index (χ3n) is 3.08. The molecule has 1 atom stereocenters. The first-order valence-corrected chi connectivity index (χ1v) is 7.84. The molecule has 0 spiro atoms. The van der Waals surface area contributed by atoms with E-state index in [1.165, 1.54) is 18.9 Å². The lowest BCUT2D eigenvalue weighted by Gasteiger charge is -2.20. The number of nitro groups is 1. The van der Waals surface area contributed by atoms with E-state index in [1.807, 2.05) is 0 Å². The Bertz CT molecular complexity index is 608. The number of hydrogen-bond donors (Lipinski definition) is 1. The Balaban J connectivity index is 1.82. The third-order valence-corrected chi connectivity index (χ3v) is 5.48. The SMILES string of the molecule is O=[N+]([O-])c1ccc2sc(S[C@H]3CCCNC3)nc2c1. The number of nitrogens with zero attached hydrogens (tertiary/aromatic N) is 2. The van der Waals surface area contributed by atoms with E-state index in [0.29, 0.717) is 5.25 Å². The summed E-state index contributed by atoms with van der Waals surface area (Å²) in [5, 5.41) is 14.7. The molecule has 7 heteroatoms. The fourth-order valence-electron chi connectivity index (χ4n) is 2.12. The zero-order valence-electron chi connectivity index (χ0n) is 10.2. The van der Waals surface area contributed by atoms with Crippen molar-refractivity contribution in [3.63, 3.8) is 0 Å². The van der Waals surface area contributed by atoms with Crippen molar-refractivity contribution in [2.75, 3.05) is 13.1 Å². The molecule has 3 rings (SSSR count). The first kappa shape index (κ1) is 12.8. The van der Waals surface area contributed by atoms with Crippen LogP contribution in [-0.4, -0.2) is 28.2 Å². The molecule has 0 bridgehead atoms. The topological polar surface area (TPSA) is 68.1 Å². The average Bonchev–Trinajstić information content (AvgIpc) is 2.80. The number of nitrogens with one attached hydrogen (secondary N) is 1. The van der Waals surface area contributed by atoms with Gasteiger partial charge in [0.15, 0.2) is 4.34 Å². The van der Waals surface area contributed by atoms with E-state index >= 15 is 0 Å². The lowest BCUT2D eigenvalue weighted by molar-refractivity contribution is -0.384. The molecule has 5 nitrogen and oxygen atoms in total. The van der Waals surface area contributed by atoms with Crippen LogP contribution in [0.4, 0.5) is 5.69 Å². The van der Waals surface area contributed by atoms with Crippen molar-refractivity contribution < 1.29 is 4.92 Å². The quantitative estimate of drug-likeness (QED) is 0.696. The van der Waals surface area contributed by atoms with E-state index in [0.717, 1.165) is 27.6 Å². The number of piperidine rings is 1. The number of fused-ring (bicyclic) bond motifs is 1. The van der Waals surface area contributed by atoms with E-state index in [9.17, 15) is 10.1 Å². The molecule has 1 fully saturated rings. The highest BCUT2D eigenvalue weighted by Gasteiger charge is 2.17. The Morgan fingerprint density at radius 3 is 3.16 bits per heavy atom. The van der Waals surface area contributed by atoms with Crippen molar-refractivity contribution in [2.24, 2.45) is 0 Å². The molecular formula is C12H13N3O2S2. The molecule has 0 unspecified atom stereocenters. The third kappa shape index (κ3) is 2.88. The Kier molecular flexibility index (Phi) is 3.67. The van der Waals surface area contributed by atoms with Crippen LogP contribution in [0.2, 0.25) is 0 Å². The fourth-order valence-corrected chi connectivity index (χ4v) is 4.59. The van der Waals surface area contributed by atoms with Crippen LogP contribution >= 0.6 is 23.1 Å². The monoisotopic (exact) mass is 295 g/mol. The van der Waals surface area contributed by atoms with Gasteiger partial charge in [0.25, 0.3) is 5.69 Å². The van der Waals surface area contributed by atoms with Gasteiger partial charge in [-0.25, -0.2) is 4.98 Å². The largest absolute Gasteiger partial charge is 0.316 e. The van der Waals surface area contributed by atoms with E-state index in [4.69, 9.17) is 0 Å². The van der Waals surface area contributed by atoms with Gasteiger partial charge in [0, 0.05) is 23.9 Å². The van der Waals surface area contributed by atoms with Crippen molar-refractivity contribution in [1.29, 1.82) is 0 Å². The van der Waals surface area contributed by atoms with Gasteiger partial charge < -0.3 is 5.32 Å². The second kappa shape index (κ2) is 5.44. The molecule has 2 heterocycles. The van der Waals surface area contributed by atoms with Gasteiger partial charge in [-0.05, 0) is 25.5 Å². The number of nitro benzene ring substituents is 1. The highest BCUT2D eigenvalue weighted by atomic mass is 32.2. The smallest absolute Gasteiger partial charge is 0.271 e. The van der Waals surface area contributed by atoms with E-state index in [-0.39, 0.29) is 10.6 Å². The Morgan fingerprint density at radius 1 is 1.53 bits per heavy atom. The minimum Gasteiger partial charge on any atom is -0.316 e. The molecular weight excluding hydrogens is 282 g/mol. The van der Waals surface area contributed by atoms with E-state index in [1.54, 1.807) is 35.2 Å². The lowest BCUT2D eigenvalue weighted by Crippen LogP contribution is -2.31. The Hall–Kier alpha value is -1.18. The summed E-state index contributed by atoms with van der Waals surface area (Å²) in [5.74, 6) is 0. The predicted octanol–water partition coefficient (Wildman–Crippen LogP) is 3.05. The summed E-state index contributed by atoms with van der Waals surface area (Å²) < 4.78 is 2.01. The molecule has 1 aromatic heterocycles. The summed E-state index contributed by atoms with van der Waals surface area (Å²) in [4.78, 5) is 14.9. The van der Waals surface area contributed by atoms with Crippen LogP contribution in [-0.2, 0) is 0 Å². The Labute approximate surface area is 118 Å². The molecule has 0 saturated carbocycles. The highest BCUT2D eigenvalue weighted by molar-refractivity contribution is 8.01. The van der Waals surface area contributed by atoms with Crippen LogP contribution in [0.1, 0.15) is 12.8 Å². The second-order valence-corrected chi connectivity index (χ2v) is 7.05. The lowest BCUT2D eigenvalue weighted by atomic mass is 10.2. The van der Waals surface area contributed by atoms with Gasteiger partial charge in [-0.15, -0.1) is 11.3 Å². The maximum atomic E-state index is 10.7. The molecule has 19 heavy (non-hydrogen) atoms. The molecule has 1 aliphatic rings. The average molecular weight is 295 g/mol. The van der Waals surface area contributed by atoms with Crippen molar-refractivity contribution in [1.82, 2.24) is 10.3 Å². The summed E-state index contributed by atoms with van der Waals surface area (Å²) in [6, 6.07) is 4.88. The zero-order valence-corrected chi connectivity index (χ0v) is 11.8. The zero-order chi connectivity index (χ0) is 13.2. The van der Waals surface area contributed by atoms with Crippen molar-refractivity contribution in [2.45, 2.75) is 22.4 Å². The van der Waals surface area contributed by atoms with E-state index < -0.39 is 0 Å². The van der Waals surface area contributed by atoms with Crippen molar-refractivity contribution in [3.05, 3.63) is 28.3 Å². The summed E-state index contributed by atoms with van der Waals surface area (Å²) in [6.07, 6.45) is 2.40. The first-order chi connectivity index (χ1) is 9.22. The number of thioether (sulfide) groups is 1. The predicted molar refractivity (Wildman–Crippen MR) is 78.0 cm³/mol. The fraction of sp³-hybridized carbons (Fsp3) is 0.417. The van der Waals surface area contributed by atoms with Crippen LogP contribution < -0.4 is 5.32 Å².